The first kappa shape index (κ1) is 15.4. The summed E-state index contributed by atoms with van der Waals surface area (Å²) in [6, 6.07) is 12.2. The van der Waals surface area contributed by atoms with E-state index in [0.29, 0.717) is 16.3 Å². The highest BCUT2D eigenvalue weighted by molar-refractivity contribution is 6.30. The zero-order valence-corrected chi connectivity index (χ0v) is 12.0. The van der Waals surface area contributed by atoms with Crippen LogP contribution in [0.3, 0.4) is 0 Å². The zero-order valence-electron chi connectivity index (χ0n) is 11.2. The molecule has 0 radical (unpaired) electrons. The summed E-state index contributed by atoms with van der Waals surface area (Å²) in [5.41, 5.74) is 0.780. The van der Waals surface area contributed by atoms with E-state index in [0.717, 1.165) is 0 Å². The van der Waals surface area contributed by atoms with Crippen LogP contribution in [0.1, 0.15) is 5.56 Å². The number of phenols is 2. The van der Waals surface area contributed by atoms with Crippen LogP contribution in [0, 0.1) is 11.3 Å². The molecule has 22 heavy (non-hydrogen) atoms. The number of nitriles is 1. The number of nitrogens with one attached hydrogen (secondary N) is 1. The van der Waals surface area contributed by atoms with E-state index in [1.54, 1.807) is 30.3 Å². The second-order valence-electron chi connectivity index (χ2n) is 4.38. The third-order valence-electron chi connectivity index (χ3n) is 2.78. The Kier molecular flexibility index (Phi) is 4.66. The molecule has 0 aromatic heterocycles. The van der Waals surface area contributed by atoms with Crippen LogP contribution in [0.25, 0.3) is 6.08 Å². The third kappa shape index (κ3) is 3.78. The van der Waals surface area contributed by atoms with Gasteiger partial charge in [-0.25, -0.2) is 0 Å². The lowest BCUT2D eigenvalue weighted by molar-refractivity contribution is -0.112. The van der Waals surface area contributed by atoms with Gasteiger partial charge in [0, 0.05) is 10.7 Å². The van der Waals surface area contributed by atoms with E-state index >= 15 is 0 Å². The maximum absolute atomic E-state index is 12.0. The molecule has 5 nitrogen and oxygen atoms in total. The second-order valence-corrected chi connectivity index (χ2v) is 4.82. The Hall–Kier alpha value is -2.97. The number of benzene rings is 2. The largest absolute Gasteiger partial charge is 0.504 e. The maximum Gasteiger partial charge on any atom is 0.266 e. The van der Waals surface area contributed by atoms with Crippen molar-refractivity contribution >= 4 is 29.3 Å². The van der Waals surface area contributed by atoms with Gasteiger partial charge >= 0.3 is 0 Å². The average molecular weight is 315 g/mol. The van der Waals surface area contributed by atoms with E-state index in [9.17, 15) is 15.0 Å². The van der Waals surface area contributed by atoms with Gasteiger partial charge in [-0.15, -0.1) is 0 Å². The van der Waals surface area contributed by atoms with Crippen LogP contribution in [-0.2, 0) is 4.79 Å². The zero-order chi connectivity index (χ0) is 16.1. The summed E-state index contributed by atoms with van der Waals surface area (Å²) in [5, 5.41) is 30.8. The van der Waals surface area contributed by atoms with Crippen LogP contribution in [0.2, 0.25) is 5.02 Å². The summed E-state index contributed by atoms with van der Waals surface area (Å²) in [7, 11) is 0. The quantitative estimate of drug-likeness (QED) is 0.460. The van der Waals surface area contributed by atoms with Crippen LogP contribution in [0.15, 0.2) is 48.0 Å². The van der Waals surface area contributed by atoms with Crippen molar-refractivity contribution in [2.75, 3.05) is 5.32 Å². The lowest BCUT2D eigenvalue weighted by Crippen LogP contribution is -2.13. The van der Waals surface area contributed by atoms with Crippen molar-refractivity contribution in [3.63, 3.8) is 0 Å². The highest BCUT2D eigenvalue weighted by Crippen LogP contribution is 2.26. The number of hydrogen-bond acceptors (Lipinski definition) is 4. The lowest BCUT2D eigenvalue weighted by atomic mass is 10.1. The lowest BCUT2D eigenvalue weighted by Gasteiger charge is -2.04. The molecule has 2 aromatic carbocycles. The first-order valence-corrected chi connectivity index (χ1v) is 6.58. The molecule has 1 amide bonds. The van der Waals surface area contributed by atoms with Gasteiger partial charge in [0.15, 0.2) is 11.5 Å². The molecule has 0 bridgehead atoms. The molecule has 0 saturated carbocycles. The standard InChI is InChI=1S/C16H11ClN2O3/c17-12-2-4-13(5-3-12)19-16(22)11(9-18)7-10-1-6-14(20)15(21)8-10/h1-8,20-21H,(H,19,22)/b11-7+. The number of rotatable bonds is 3. The monoisotopic (exact) mass is 314 g/mol. The Labute approximate surface area is 131 Å². The number of carbonyl (C=O) groups excluding carboxylic acids is 1. The average Bonchev–Trinajstić information content (AvgIpc) is 2.50. The summed E-state index contributed by atoms with van der Waals surface area (Å²) >= 11 is 5.75. The molecular weight excluding hydrogens is 304 g/mol. The van der Waals surface area contributed by atoms with Crippen molar-refractivity contribution in [2.24, 2.45) is 0 Å². The molecular formula is C16H11ClN2O3. The molecule has 0 aliphatic carbocycles. The van der Waals surface area contributed by atoms with Gasteiger partial charge < -0.3 is 15.5 Å². The van der Waals surface area contributed by atoms with E-state index in [4.69, 9.17) is 16.9 Å². The van der Waals surface area contributed by atoms with Gasteiger partial charge in [0.2, 0.25) is 0 Å². The van der Waals surface area contributed by atoms with Crippen LogP contribution >= 0.6 is 11.6 Å². The molecule has 0 unspecified atom stereocenters. The van der Waals surface area contributed by atoms with Crippen molar-refractivity contribution in [2.45, 2.75) is 0 Å². The molecule has 0 heterocycles. The SMILES string of the molecule is N#C/C(=C\c1ccc(O)c(O)c1)C(=O)Nc1ccc(Cl)cc1. The van der Waals surface area contributed by atoms with Gasteiger partial charge in [-0.05, 0) is 48.0 Å². The molecule has 0 spiro atoms. The Morgan fingerprint density at radius 3 is 2.41 bits per heavy atom. The van der Waals surface area contributed by atoms with E-state index in [1.807, 2.05) is 0 Å². The Morgan fingerprint density at radius 1 is 1.14 bits per heavy atom. The molecule has 2 rings (SSSR count). The fraction of sp³-hybridized carbons (Fsp3) is 0. The minimum Gasteiger partial charge on any atom is -0.504 e. The van der Waals surface area contributed by atoms with Gasteiger partial charge in [-0.2, -0.15) is 5.26 Å². The topological polar surface area (TPSA) is 93.3 Å². The van der Waals surface area contributed by atoms with Gasteiger partial charge in [0.1, 0.15) is 11.6 Å². The number of anilines is 1. The van der Waals surface area contributed by atoms with Crippen LogP contribution in [0.4, 0.5) is 5.69 Å². The van der Waals surface area contributed by atoms with Crippen LogP contribution in [0.5, 0.6) is 11.5 Å². The first-order chi connectivity index (χ1) is 10.5. The summed E-state index contributed by atoms with van der Waals surface area (Å²) in [4.78, 5) is 12.0. The molecule has 0 atom stereocenters. The number of halogens is 1. The van der Waals surface area contributed by atoms with E-state index in [-0.39, 0.29) is 17.1 Å². The Balaban J connectivity index is 2.21. The molecule has 6 heteroatoms. The third-order valence-corrected chi connectivity index (χ3v) is 3.03. The smallest absolute Gasteiger partial charge is 0.266 e. The molecule has 0 saturated heterocycles. The normalized spacial score (nSPS) is 10.8. The Bertz CT molecular complexity index is 777. The second kappa shape index (κ2) is 6.66. The highest BCUT2D eigenvalue weighted by Gasteiger charge is 2.10. The first-order valence-electron chi connectivity index (χ1n) is 6.20. The van der Waals surface area contributed by atoms with Crippen molar-refractivity contribution in [3.8, 4) is 17.6 Å². The number of phenolic OH excluding ortho intramolecular Hbond substituents is 2. The summed E-state index contributed by atoms with van der Waals surface area (Å²) in [5.74, 6) is -1.19. The van der Waals surface area contributed by atoms with E-state index in [1.165, 1.54) is 24.3 Å². The molecule has 0 aliphatic heterocycles. The fourth-order valence-electron chi connectivity index (χ4n) is 1.68. The summed E-state index contributed by atoms with van der Waals surface area (Å²) in [6.45, 7) is 0. The van der Waals surface area contributed by atoms with Gasteiger partial charge in [0.25, 0.3) is 5.91 Å². The van der Waals surface area contributed by atoms with Crippen molar-refractivity contribution in [1.82, 2.24) is 0 Å². The summed E-state index contributed by atoms with van der Waals surface area (Å²) in [6.07, 6.45) is 1.31. The number of hydrogen-bond donors (Lipinski definition) is 3. The maximum atomic E-state index is 12.0. The van der Waals surface area contributed by atoms with E-state index < -0.39 is 5.91 Å². The van der Waals surface area contributed by atoms with Crippen LogP contribution in [-0.4, -0.2) is 16.1 Å². The predicted molar refractivity (Wildman–Crippen MR) is 83.4 cm³/mol. The van der Waals surface area contributed by atoms with Gasteiger partial charge in [0.05, 0.1) is 0 Å². The number of nitrogens with zero attached hydrogens (tertiary/aromatic N) is 1. The van der Waals surface area contributed by atoms with Crippen molar-refractivity contribution in [1.29, 1.82) is 5.26 Å². The predicted octanol–water partition coefficient (Wildman–Crippen LogP) is 3.30. The van der Waals surface area contributed by atoms with Crippen molar-refractivity contribution < 1.29 is 15.0 Å². The molecule has 0 aliphatic rings. The number of carbonyl (C=O) groups is 1. The minimum atomic E-state index is -0.586. The molecule has 110 valence electrons. The summed E-state index contributed by atoms with van der Waals surface area (Å²) < 4.78 is 0. The number of aromatic hydroxyl groups is 2. The highest BCUT2D eigenvalue weighted by atomic mass is 35.5. The Morgan fingerprint density at radius 2 is 1.82 bits per heavy atom. The molecule has 3 N–H and O–H groups in total. The van der Waals surface area contributed by atoms with Gasteiger partial charge in [-0.1, -0.05) is 17.7 Å². The van der Waals surface area contributed by atoms with Gasteiger partial charge in [-0.3, -0.25) is 4.79 Å². The van der Waals surface area contributed by atoms with Crippen LogP contribution < -0.4 is 5.32 Å². The van der Waals surface area contributed by atoms with E-state index in [2.05, 4.69) is 5.32 Å². The molecule has 0 fully saturated rings. The minimum absolute atomic E-state index is 0.139. The van der Waals surface area contributed by atoms with Crippen molar-refractivity contribution in [3.05, 3.63) is 58.6 Å². The number of amides is 1. The molecule has 2 aromatic rings. The fourth-order valence-corrected chi connectivity index (χ4v) is 1.80.